The van der Waals surface area contributed by atoms with Crippen LogP contribution in [0.2, 0.25) is 0 Å². The summed E-state index contributed by atoms with van der Waals surface area (Å²) in [4.78, 5) is 11.7. The Bertz CT molecular complexity index is 485. The molecule has 3 unspecified atom stereocenters. The fourth-order valence-corrected chi connectivity index (χ4v) is 3.05. The number of nitrogens with one attached hydrogen (secondary N) is 1. The van der Waals surface area contributed by atoms with Crippen LogP contribution in [0.25, 0.3) is 0 Å². The van der Waals surface area contributed by atoms with Crippen LogP contribution in [0, 0.1) is 11.1 Å². The maximum atomic E-state index is 11.7. The van der Waals surface area contributed by atoms with E-state index in [9.17, 15) is 10.0 Å². The number of piperidine rings is 1. The van der Waals surface area contributed by atoms with Crippen molar-refractivity contribution in [2.24, 2.45) is 5.92 Å². The lowest BCUT2D eigenvalue weighted by Gasteiger charge is -2.42. The van der Waals surface area contributed by atoms with E-state index in [2.05, 4.69) is 0 Å². The standard InChI is InChI=1S/C11H15N3O3/c15-11-3-1-2-10-9-4-8(6-13(10)11)5-12(7-9)14(16)17/h1-3,8-9,14,16H,4-7H2. The molecule has 3 atom stereocenters. The van der Waals surface area contributed by atoms with Crippen LogP contribution in [0.15, 0.2) is 23.0 Å². The molecule has 6 heteroatoms. The van der Waals surface area contributed by atoms with Crippen molar-refractivity contribution in [3.05, 3.63) is 39.5 Å². The molecular formula is C11H15N3O3. The molecule has 0 aliphatic carbocycles. The summed E-state index contributed by atoms with van der Waals surface area (Å²) in [5.74, 6) is 0.449. The molecule has 6 nitrogen and oxygen atoms in total. The number of aromatic nitrogens is 1. The summed E-state index contributed by atoms with van der Waals surface area (Å²) in [7, 11) is 0. The van der Waals surface area contributed by atoms with Crippen LogP contribution in [0.3, 0.4) is 0 Å². The molecule has 0 aromatic carbocycles. The van der Waals surface area contributed by atoms with Gasteiger partial charge in [-0.05, 0) is 18.4 Å². The normalized spacial score (nSPS) is 29.8. The summed E-state index contributed by atoms with van der Waals surface area (Å²) in [6.07, 6.45) is 0.993. The van der Waals surface area contributed by atoms with E-state index in [0.717, 1.165) is 12.1 Å². The van der Waals surface area contributed by atoms with Gasteiger partial charge < -0.3 is 9.77 Å². The lowest BCUT2D eigenvalue weighted by Crippen LogP contribution is -3.12. The SMILES string of the molecule is O=c1cccc2n1CC1CC2CN([NH+]([O-])O)C1. The van der Waals surface area contributed by atoms with E-state index in [-0.39, 0.29) is 17.4 Å². The summed E-state index contributed by atoms with van der Waals surface area (Å²) >= 11 is 0. The quantitative estimate of drug-likeness (QED) is 0.612. The van der Waals surface area contributed by atoms with Gasteiger partial charge in [0.25, 0.3) is 5.56 Å². The number of rotatable bonds is 1. The second-order valence-electron chi connectivity index (χ2n) is 4.89. The average molecular weight is 237 g/mol. The summed E-state index contributed by atoms with van der Waals surface area (Å²) in [5.41, 5.74) is 1.01. The van der Waals surface area contributed by atoms with Gasteiger partial charge in [0.1, 0.15) is 0 Å². The van der Waals surface area contributed by atoms with Crippen LogP contribution in [0.4, 0.5) is 0 Å². The van der Waals surface area contributed by atoms with E-state index in [1.165, 1.54) is 5.01 Å². The zero-order valence-corrected chi connectivity index (χ0v) is 9.37. The van der Waals surface area contributed by atoms with Crippen molar-refractivity contribution < 1.29 is 10.5 Å². The van der Waals surface area contributed by atoms with Crippen LogP contribution >= 0.6 is 0 Å². The van der Waals surface area contributed by atoms with Gasteiger partial charge in [-0.15, -0.1) is 10.3 Å². The van der Waals surface area contributed by atoms with E-state index in [0.29, 0.717) is 19.6 Å². The first-order chi connectivity index (χ1) is 8.15. The van der Waals surface area contributed by atoms with Gasteiger partial charge in [0, 0.05) is 24.2 Å². The Labute approximate surface area is 98.2 Å². The molecule has 17 heavy (non-hydrogen) atoms. The summed E-state index contributed by atoms with van der Waals surface area (Å²) in [6.45, 7) is 1.71. The minimum Gasteiger partial charge on any atom is -0.579 e. The Balaban J connectivity index is 1.98. The molecule has 1 aromatic rings. The van der Waals surface area contributed by atoms with Gasteiger partial charge in [-0.25, -0.2) is 0 Å². The monoisotopic (exact) mass is 237 g/mol. The molecule has 0 amide bonds. The van der Waals surface area contributed by atoms with Crippen LogP contribution < -0.4 is 10.9 Å². The highest BCUT2D eigenvalue weighted by Gasteiger charge is 2.36. The van der Waals surface area contributed by atoms with Crippen LogP contribution in [0.5, 0.6) is 0 Å². The average Bonchev–Trinajstić information content (AvgIpc) is 2.30. The van der Waals surface area contributed by atoms with Crippen LogP contribution in [0.1, 0.15) is 18.0 Å². The topological polar surface area (TPSA) is 73.0 Å². The molecule has 3 heterocycles. The lowest BCUT2D eigenvalue weighted by molar-refractivity contribution is -1.14. The first-order valence-corrected chi connectivity index (χ1v) is 5.83. The minimum atomic E-state index is -0.855. The molecule has 2 N–H and O–H groups in total. The maximum absolute atomic E-state index is 11.7. The predicted molar refractivity (Wildman–Crippen MR) is 59.2 cm³/mol. The van der Waals surface area contributed by atoms with E-state index in [1.54, 1.807) is 16.7 Å². The Morgan fingerprint density at radius 2 is 2.18 bits per heavy atom. The maximum Gasteiger partial charge on any atom is 0.250 e. The lowest BCUT2D eigenvalue weighted by atomic mass is 9.84. The molecule has 92 valence electrons. The number of pyridine rings is 1. The summed E-state index contributed by atoms with van der Waals surface area (Å²) in [6, 6.07) is 5.27. The van der Waals surface area contributed by atoms with Gasteiger partial charge in [0.15, 0.2) is 0 Å². The first-order valence-electron chi connectivity index (χ1n) is 5.83. The second-order valence-corrected chi connectivity index (χ2v) is 4.89. The Kier molecular flexibility index (Phi) is 2.52. The van der Waals surface area contributed by atoms with Gasteiger partial charge in [-0.3, -0.25) is 4.79 Å². The fraction of sp³-hybridized carbons (Fsp3) is 0.545. The highest BCUT2D eigenvalue weighted by Crippen LogP contribution is 2.33. The van der Waals surface area contributed by atoms with Gasteiger partial charge in [-0.1, -0.05) is 6.07 Å². The predicted octanol–water partition coefficient (Wildman–Crippen LogP) is -1.05. The zero-order chi connectivity index (χ0) is 12.0. The third-order valence-electron chi connectivity index (χ3n) is 3.75. The highest BCUT2D eigenvalue weighted by molar-refractivity contribution is 5.16. The van der Waals surface area contributed by atoms with Crippen molar-refractivity contribution in [1.29, 1.82) is 0 Å². The van der Waals surface area contributed by atoms with Crippen molar-refractivity contribution in [3.8, 4) is 0 Å². The first kappa shape index (κ1) is 10.9. The number of hydrogen-bond donors (Lipinski definition) is 2. The van der Waals surface area contributed by atoms with Crippen molar-refractivity contribution in [1.82, 2.24) is 9.58 Å². The molecule has 1 aromatic heterocycles. The number of nitrogens with zero attached hydrogens (tertiary/aromatic N) is 2. The van der Waals surface area contributed by atoms with Crippen LogP contribution in [-0.4, -0.2) is 27.9 Å². The smallest absolute Gasteiger partial charge is 0.250 e. The molecular weight excluding hydrogens is 222 g/mol. The molecule has 1 saturated heterocycles. The van der Waals surface area contributed by atoms with Crippen molar-refractivity contribution in [3.63, 3.8) is 0 Å². The minimum absolute atomic E-state index is 0.0287. The third-order valence-corrected chi connectivity index (χ3v) is 3.75. The van der Waals surface area contributed by atoms with Gasteiger partial charge in [0.05, 0.1) is 13.1 Å². The summed E-state index contributed by atoms with van der Waals surface area (Å²) in [5, 5.41) is 20.7. The molecule has 0 spiro atoms. The van der Waals surface area contributed by atoms with E-state index < -0.39 is 5.34 Å². The molecule has 1 fully saturated rings. The van der Waals surface area contributed by atoms with Crippen molar-refractivity contribution >= 4 is 0 Å². The Morgan fingerprint density at radius 3 is 2.94 bits per heavy atom. The van der Waals surface area contributed by atoms with E-state index in [4.69, 9.17) is 5.21 Å². The molecule has 3 rings (SSSR count). The highest BCUT2D eigenvalue weighted by atomic mass is 16.8. The van der Waals surface area contributed by atoms with E-state index >= 15 is 0 Å². The zero-order valence-electron chi connectivity index (χ0n) is 9.37. The number of hydrogen-bond acceptors (Lipinski definition) is 4. The van der Waals surface area contributed by atoms with E-state index in [1.807, 2.05) is 6.07 Å². The van der Waals surface area contributed by atoms with Gasteiger partial charge in [-0.2, -0.15) is 5.21 Å². The molecule has 2 bridgehead atoms. The molecule has 2 aliphatic heterocycles. The molecule has 2 aliphatic rings. The number of quaternary nitrogens is 1. The second kappa shape index (κ2) is 3.92. The largest absolute Gasteiger partial charge is 0.579 e. The molecule has 0 radical (unpaired) electrons. The number of fused-ring (bicyclic) bond motifs is 4. The van der Waals surface area contributed by atoms with Gasteiger partial charge in [0.2, 0.25) is 0 Å². The summed E-state index contributed by atoms with van der Waals surface area (Å²) < 4.78 is 1.80. The Hall–Kier alpha value is -1.21. The van der Waals surface area contributed by atoms with Crippen molar-refractivity contribution in [2.45, 2.75) is 18.9 Å². The fourth-order valence-electron chi connectivity index (χ4n) is 3.05. The third kappa shape index (κ3) is 1.79. The van der Waals surface area contributed by atoms with Gasteiger partial charge >= 0.3 is 0 Å². The van der Waals surface area contributed by atoms with Crippen LogP contribution in [-0.2, 0) is 6.54 Å². The van der Waals surface area contributed by atoms with Crippen molar-refractivity contribution in [2.75, 3.05) is 13.1 Å². The Morgan fingerprint density at radius 1 is 1.35 bits per heavy atom. The molecule has 0 saturated carbocycles.